The van der Waals surface area contributed by atoms with E-state index < -0.39 is 38.1 Å². The number of allylic oxidation sites excluding steroid dienone is 1. The molecule has 1 aromatic carbocycles. The number of hydrogen-bond acceptors (Lipinski definition) is 6. The first-order valence-corrected chi connectivity index (χ1v) is 13.6. The van der Waals surface area contributed by atoms with Gasteiger partial charge in [-0.15, -0.1) is 6.58 Å². The van der Waals surface area contributed by atoms with E-state index in [0.29, 0.717) is 5.57 Å². The summed E-state index contributed by atoms with van der Waals surface area (Å²) >= 11 is 0. The molecule has 7 nitrogen and oxygen atoms in total. The van der Waals surface area contributed by atoms with Crippen molar-refractivity contribution in [3.8, 4) is 0 Å². The van der Waals surface area contributed by atoms with Gasteiger partial charge in [0.2, 0.25) is 0 Å². The van der Waals surface area contributed by atoms with Crippen molar-refractivity contribution in [2.45, 2.75) is 51.7 Å². The Kier molecular flexibility index (Phi) is 10.3. The highest BCUT2D eigenvalue weighted by molar-refractivity contribution is 6.76. The third kappa shape index (κ3) is 9.73. The smallest absolute Gasteiger partial charge is 0.408 e. The van der Waals surface area contributed by atoms with Gasteiger partial charge in [-0.25, -0.2) is 9.59 Å². The van der Waals surface area contributed by atoms with Crippen molar-refractivity contribution in [2.24, 2.45) is 5.92 Å². The molecule has 0 heterocycles. The summed E-state index contributed by atoms with van der Waals surface area (Å²) in [5.74, 6) is -2.29. The molecule has 1 rings (SSSR count). The molecule has 1 aromatic rings. The molecule has 0 aliphatic rings. The molecule has 8 heteroatoms. The van der Waals surface area contributed by atoms with Crippen LogP contribution in [0.4, 0.5) is 4.79 Å². The van der Waals surface area contributed by atoms with Gasteiger partial charge in [0.05, 0.1) is 19.6 Å². The third-order valence-electron chi connectivity index (χ3n) is 4.31. The number of rotatable bonds is 11. The van der Waals surface area contributed by atoms with Gasteiger partial charge in [0, 0.05) is 8.07 Å². The molecule has 0 saturated heterocycles. The van der Waals surface area contributed by atoms with Crippen molar-refractivity contribution in [1.82, 2.24) is 5.32 Å². The van der Waals surface area contributed by atoms with Crippen molar-refractivity contribution in [3.63, 3.8) is 0 Å². The summed E-state index contributed by atoms with van der Waals surface area (Å²) in [7, 11) is -0.187. The summed E-state index contributed by atoms with van der Waals surface area (Å²) < 4.78 is 15.4. The van der Waals surface area contributed by atoms with E-state index in [0.717, 1.165) is 11.6 Å². The minimum Gasteiger partial charge on any atom is -0.469 e. The normalized spacial score (nSPS) is 13.0. The molecule has 1 amide bonds. The van der Waals surface area contributed by atoms with Crippen LogP contribution >= 0.6 is 0 Å². The van der Waals surface area contributed by atoms with E-state index in [2.05, 4.69) is 31.5 Å². The molecule has 0 fully saturated rings. The average Bonchev–Trinajstić information content (AvgIpc) is 2.67. The molecule has 0 bridgehead atoms. The standard InChI is InChI=1S/C22H33NO6Si/c1-16(2)14-18(20(24)27-3)19(21(25)28-12-13-30(4,5)6)23-22(26)29-15-17-10-8-7-9-11-17/h7-11,18-19H,1,12-15H2,2-6H3,(H,23,26)/t18-,19+/m1/s1. The number of carbonyl (C=O) groups excluding carboxylic acids is 3. The highest BCUT2D eigenvalue weighted by Gasteiger charge is 2.37. The number of alkyl carbamates (subject to hydrolysis) is 1. The van der Waals surface area contributed by atoms with Gasteiger partial charge in [-0.2, -0.15) is 0 Å². The van der Waals surface area contributed by atoms with Crippen LogP contribution < -0.4 is 5.32 Å². The number of carbonyl (C=O) groups is 3. The Balaban J connectivity index is 2.90. The van der Waals surface area contributed by atoms with E-state index in [1.54, 1.807) is 6.92 Å². The van der Waals surface area contributed by atoms with Crippen LogP contribution in [0.2, 0.25) is 25.7 Å². The molecule has 0 spiro atoms. The molecule has 0 radical (unpaired) electrons. The summed E-state index contributed by atoms with van der Waals surface area (Å²) in [4.78, 5) is 37.5. The van der Waals surface area contributed by atoms with E-state index in [1.165, 1.54) is 7.11 Å². The Morgan fingerprint density at radius 3 is 2.23 bits per heavy atom. The van der Waals surface area contributed by atoms with E-state index in [4.69, 9.17) is 14.2 Å². The zero-order chi connectivity index (χ0) is 22.7. The van der Waals surface area contributed by atoms with Gasteiger partial charge >= 0.3 is 18.0 Å². The lowest BCUT2D eigenvalue weighted by molar-refractivity contribution is -0.155. The van der Waals surface area contributed by atoms with Crippen LogP contribution in [0.15, 0.2) is 42.5 Å². The number of esters is 2. The second-order valence-electron chi connectivity index (χ2n) is 8.45. The van der Waals surface area contributed by atoms with Crippen molar-refractivity contribution in [2.75, 3.05) is 13.7 Å². The second kappa shape index (κ2) is 12.2. The van der Waals surface area contributed by atoms with Gasteiger partial charge in [0.25, 0.3) is 0 Å². The fraction of sp³-hybridized carbons (Fsp3) is 0.500. The monoisotopic (exact) mass is 435 g/mol. The van der Waals surface area contributed by atoms with Crippen LogP contribution in [-0.2, 0) is 30.4 Å². The molecule has 0 aromatic heterocycles. The van der Waals surface area contributed by atoms with Crippen LogP contribution in [0.5, 0.6) is 0 Å². The highest BCUT2D eigenvalue weighted by Crippen LogP contribution is 2.19. The number of methoxy groups -OCH3 is 1. The molecular formula is C22H33NO6Si. The quantitative estimate of drug-likeness (QED) is 0.245. The zero-order valence-corrected chi connectivity index (χ0v) is 19.5. The molecule has 2 atom stereocenters. The van der Waals surface area contributed by atoms with Crippen LogP contribution in [0.1, 0.15) is 18.9 Å². The summed E-state index contributed by atoms with van der Waals surface area (Å²) in [5.41, 5.74) is 1.47. The fourth-order valence-corrected chi connectivity index (χ4v) is 3.34. The Morgan fingerprint density at radius 2 is 1.70 bits per heavy atom. The highest BCUT2D eigenvalue weighted by atomic mass is 28.3. The lowest BCUT2D eigenvalue weighted by atomic mass is 9.93. The SMILES string of the molecule is C=C(C)C[C@@H](C(=O)OC)[C@H](NC(=O)OCc1ccccc1)C(=O)OCC[Si](C)(C)C. The predicted molar refractivity (Wildman–Crippen MR) is 118 cm³/mol. The predicted octanol–water partition coefficient (Wildman–Crippen LogP) is 3.92. The third-order valence-corrected chi connectivity index (χ3v) is 6.02. The summed E-state index contributed by atoms with van der Waals surface area (Å²) in [6.07, 6.45) is -0.652. The van der Waals surface area contributed by atoms with Gasteiger partial charge in [0.15, 0.2) is 0 Å². The Hall–Kier alpha value is -2.61. The number of hydrogen-bond donors (Lipinski definition) is 1. The van der Waals surface area contributed by atoms with Crippen molar-refractivity contribution in [3.05, 3.63) is 48.0 Å². The molecule has 166 valence electrons. The van der Waals surface area contributed by atoms with Gasteiger partial charge < -0.3 is 19.5 Å². The first kappa shape index (κ1) is 25.4. The van der Waals surface area contributed by atoms with Crippen LogP contribution in [0.3, 0.4) is 0 Å². The van der Waals surface area contributed by atoms with Gasteiger partial charge in [-0.05, 0) is 25.0 Å². The Bertz CT molecular complexity index is 729. The minimum atomic E-state index is -1.42. The van der Waals surface area contributed by atoms with Gasteiger partial charge in [0.1, 0.15) is 12.6 Å². The largest absolute Gasteiger partial charge is 0.469 e. The van der Waals surface area contributed by atoms with Crippen LogP contribution in [0, 0.1) is 5.92 Å². The van der Waals surface area contributed by atoms with E-state index >= 15 is 0 Å². The van der Waals surface area contributed by atoms with Crippen molar-refractivity contribution < 1.29 is 28.6 Å². The first-order valence-electron chi connectivity index (χ1n) is 9.89. The summed E-state index contributed by atoms with van der Waals surface area (Å²) in [6.45, 7) is 12.3. The molecule has 1 N–H and O–H groups in total. The first-order chi connectivity index (χ1) is 14.0. The lowest BCUT2D eigenvalue weighted by Gasteiger charge is -2.25. The molecule has 0 aliphatic carbocycles. The zero-order valence-electron chi connectivity index (χ0n) is 18.5. The fourth-order valence-electron chi connectivity index (χ4n) is 2.63. The maximum absolute atomic E-state index is 12.8. The number of ether oxygens (including phenoxy) is 3. The van der Waals surface area contributed by atoms with Crippen LogP contribution in [0.25, 0.3) is 0 Å². The maximum Gasteiger partial charge on any atom is 0.408 e. The van der Waals surface area contributed by atoms with E-state index in [1.807, 2.05) is 30.3 Å². The topological polar surface area (TPSA) is 90.9 Å². The molecule has 0 saturated carbocycles. The summed E-state index contributed by atoms with van der Waals surface area (Å²) in [6, 6.07) is 8.67. The molecule has 30 heavy (non-hydrogen) atoms. The van der Waals surface area contributed by atoms with Crippen molar-refractivity contribution in [1.29, 1.82) is 0 Å². The Labute approximate surface area is 179 Å². The minimum absolute atomic E-state index is 0.0352. The molecular weight excluding hydrogens is 402 g/mol. The summed E-state index contributed by atoms with van der Waals surface area (Å²) in [5, 5.41) is 2.49. The van der Waals surface area contributed by atoms with E-state index in [9.17, 15) is 14.4 Å². The number of benzene rings is 1. The number of amides is 1. The maximum atomic E-state index is 12.8. The average molecular weight is 436 g/mol. The molecule has 0 aliphatic heterocycles. The van der Waals surface area contributed by atoms with E-state index in [-0.39, 0.29) is 19.6 Å². The van der Waals surface area contributed by atoms with Crippen molar-refractivity contribution >= 4 is 26.1 Å². The lowest BCUT2D eigenvalue weighted by Crippen LogP contribution is -2.50. The van der Waals surface area contributed by atoms with Gasteiger partial charge in [-0.1, -0.05) is 55.5 Å². The number of nitrogens with one attached hydrogen (secondary N) is 1. The van der Waals surface area contributed by atoms with Gasteiger partial charge in [-0.3, -0.25) is 4.79 Å². The van der Waals surface area contributed by atoms with Crippen LogP contribution in [-0.4, -0.2) is 45.9 Å². The molecule has 0 unspecified atom stereocenters. The Morgan fingerprint density at radius 1 is 1.07 bits per heavy atom. The second-order valence-corrected chi connectivity index (χ2v) is 14.1.